The molecule has 1 aliphatic carbocycles. The standard InChI is InChI=1S/C13H23N3S/c1-3-5-8-16(11-6-7-11)10-12-9-15-13(17-12)14-4-2/h9,11H,3-8,10H2,1-2H3,(H,14,15). The first-order chi connectivity index (χ1) is 8.33. The first-order valence-corrected chi connectivity index (χ1v) is 7.57. The van der Waals surface area contributed by atoms with Gasteiger partial charge in [0, 0.05) is 30.2 Å². The van der Waals surface area contributed by atoms with Gasteiger partial charge < -0.3 is 5.32 Å². The van der Waals surface area contributed by atoms with Crippen LogP contribution in [0.1, 0.15) is 44.4 Å². The Morgan fingerprint density at radius 1 is 1.47 bits per heavy atom. The fourth-order valence-corrected chi connectivity index (χ4v) is 2.91. The molecule has 1 saturated carbocycles. The van der Waals surface area contributed by atoms with Gasteiger partial charge in [0.2, 0.25) is 0 Å². The van der Waals surface area contributed by atoms with Crippen LogP contribution in [0.5, 0.6) is 0 Å². The fourth-order valence-electron chi connectivity index (χ4n) is 2.01. The predicted octanol–water partition coefficient (Wildman–Crippen LogP) is 3.34. The van der Waals surface area contributed by atoms with Gasteiger partial charge in [0.15, 0.2) is 5.13 Å². The van der Waals surface area contributed by atoms with Crippen LogP contribution < -0.4 is 5.32 Å². The van der Waals surface area contributed by atoms with E-state index in [4.69, 9.17) is 0 Å². The van der Waals surface area contributed by atoms with Crippen molar-refractivity contribution >= 4 is 16.5 Å². The summed E-state index contributed by atoms with van der Waals surface area (Å²) in [6.45, 7) is 7.67. The van der Waals surface area contributed by atoms with Crippen LogP contribution in [0.15, 0.2) is 6.20 Å². The average molecular weight is 253 g/mol. The number of unbranched alkanes of at least 4 members (excludes halogenated alkanes) is 1. The van der Waals surface area contributed by atoms with E-state index in [2.05, 4.69) is 29.0 Å². The van der Waals surface area contributed by atoms with Gasteiger partial charge in [0.25, 0.3) is 0 Å². The number of rotatable bonds is 8. The van der Waals surface area contributed by atoms with E-state index in [1.807, 2.05) is 6.20 Å². The van der Waals surface area contributed by atoms with E-state index in [0.717, 1.165) is 24.3 Å². The van der Waals surface area contributed by atoms with Crippen LogP contribution in [0.4, 0.5) is 5.13 Å². The summed E-state index contributed by atoms with van der Waals surface area (Å²) < 4.78 is 0. The monoisotopic (exact) mass is 253 g/mol. The highest BCUT2D eigenvalue weighted by Crippen LogP contribution is 2.30. The molecule has 1 aliphatic rings. The zero-order valence-electron chi connectivity index (χ0n) is 10.9. The highest BCUT2D eigenvalue weighted by Gasteiger charge is 2.28. The van der Waals surface area contributed by atoms with Crippen LogP contribution in [0.2, 0.25) is 0 Å². The van der Waals surface area contributed by atoms with Gasteiger partial charge in [-0.2, -0.15) is 0 Å². The van der Waals surface area contributed by atoms with Crippen molar-refractivity contribution < 1.29 is 0 Å². The summed E-state index contributed by atoms with van der Waals surface area (Å²) >= 11 is 1.80. The van der Waals surface area contributed by atoms with Crippen molar-refractivity contribution in [2.75, 3.05) is 18.4 Å². The molecular weight excluding hydrogens is 230 g/mol. The van der Waals surface area contributed by atoms with Gasteiger partial charge in [-0.25, -0.2) is 4.98 Å². The summed E-state index contributed by atoms with van der Waals surface area (Å²) in [7, 11) is 0. The smallest absolute Gasteiger partial charge is 0.182 e. The first-order valence-electron chi connectivity index (χ1n) is 6.76. The minimum atomic E-state index is 0.853. The molecule has 0 amide bonds. The molecule has 1 N–H and O–H groups in total. The van der Waals surface area contributed by atoms with E-state index in [1.165, 1.54) is 37.1 Å². The minimum Gasteiger partial charge on any atom is -0.362 e. The van der Waals surface area contributed by atoms with Crippen LogP contribution in [-0.2, 0) is 6.54 Å². The minimum absolute atomic E-state index is 0.853. The van der Waals surface area contributed by atoms with Crippen molar-refractivity contribution in [2.24, 2.45) is 0 Å². The van der Waals surface area contributed by atoms with Crippen molar-refractivity contribution in [3.63, 3.8) is 0 Å². The van der Waals surface area contributed by atoms with E-state index in [9.17, 15) is 0 Å². The maximum Gasteiger partial charge on any atom is 0.182 e. The number of nitrogens with one attached hydrogen (secondary N) is 1. The van der Waals surface area contributed by atoms with Gasteiger partial charge in [0.1, 0.15) is 0 Å². The van der Waals surface area contributed by atoms with Gasteiger partial charge in [-0.05, 0) is 32.7 Å². The summed E-state index contributed by atoms with van der Waals surface area (Å²) in [5, 5.41) is 4.34. The molecule has 1 aromatic heterocycles. The lowest BCUT2D eigenvalue weighted by atomic mass is 10.3. The third-order valence-corrected chi connectivity index (χ3v) is 4.04. The number of aromatic nitrogens is 1. The number of hydrogen-bond acceptors (Lipinski definition) is 4. The second-order valence-corrected chi connectivity index (χ2v) is 5.83. The molecule has 0 bridgehead atoms. The Morgan fingerprint density at radius 3 is 2.94 bits per heavy atom. The van der Waals surface area contributed by atoms with Gasteiger partial charge in [-0.15, -0.1) is 11.3 Å². The molecule has 0 spiro atoms. The third-order valence-electron chi connectivity index (χ3n) is 3.10. The Hall–Kier alpha value is -0.610. The Bertz CT molecular complexity index is 333. The molecule has 0 aromatic carbocycles. The Labute approximate surface area is 108 Å². The molecule has 0 aliphatic heterocycles. The molecule has 4 heteroatoms. The second kappa shape index (κ2) is 6.36. The number of thiazole rings is 1. The normalized spacial score (nSPS) is 15.5. The van der Waals surface area contributed by atoms with E-state index in [0.29, 0.717) is 0 Å². The molecule has 1 fully saturated rings. The quantitative estimate of drug-likeness (QED) is 0.770. The van der Waals surface area contributed by atoms with Crippen molar-refractivity contribution in [3.8, 4) is 0 Å². The maximum atomic E-state index is 4.40. The van der Waals surface area contributed by atoms with E-state index < -0.39 is 0 Å². The molecule has 96 valence electrons. The largest absolute Gasteiger partial charge is 0.362 e. The Balaban J connectivity index is 1.87. The lowest BCUT2D eigenvalue weighted by molar-refractivity contribution is 0.253. The van der Waals surface area contributed by atoms with E-state index in [-0.39, 0.29) is 0 Å². The highest BCUT2D eigenvalue weighted by molar-refractivity contribution is 7.15. The zero-order valence-corrected chi connectivity index (χ0v) is 11.7. The van der Waals surface area contributed by atoms with Gasteiger partial charge in [0.05, 0.1) is 0 Å². The molecule has 17 heavy (non-hydrogen) atoms. The lowest BCUT2D eigenvalue weighted by Gasteiger charge is -2.20. The van der Waals surface area contributed by atoms with Crippen molar-refractivity contribution in [2.45, 2.75) is 52.1 Å². The summed E-state index contributed by atoms with van der Waals surface area (Å²) in [6.07, 6.45) is 7.42. The molecule has 0 unspecified atom stereocenters. The van der Waals surface area contributed by atoms with Crippen LogP contribution in [0, 0.1) is 0 Å². The zero-order chi connectivity index (χ0) is 12.1. The lowest BCUT2D eigenvalue weighted by Crippen LogP contribution is -2.26. The van der Waals surface area contributed by atoms with Crippen LogP contribution >= 0.6 is 11.3 Å². The van der Waals surface area contributed by atoms with E-state index in [1.54, 1.807) is 11.3 Å². The number of hydrogen-bond donors (Lipinski definition) is 1. The SMILES string of the molecule is CCCCN(Cc1cnc(NCC)s1)C1CC1. The van der Waals surface area contributed by atoms with Crippen LogP contribution in [0.3, 0.4) is 0 Å². The topological polar surface area (TPSA) is 28.2 Å². The third kappa shape index (κ3) is 3.96. The average Bonchev–Trinajstić information content (AvgIpc) is 3.08. The first kappa shape index (κ1) is 12.8. The molecule has 0 saturated heterocycles. The summed E-state index contributed by atoms with van der Waals surface area (Å²) in [5.41, 5.74) is 0. The summed E-state index contributed by atoms with van der Waals surface area (Å²) in [4.78, 5) is 8.42. The molecule has 0 radical (unpaired) electrons. The molecule has 1 heterocycles. The highest BCUT2D eigenvalue weighted by atomic mass is 32.1. The van der Waals surface area contributed by atoms with Crippen molar-refractivity contribution in [1.82, 2.24) is 9.88 Å². The Kier molecular flexibility index (Phi) is 4.80. The molecule has 0 atom stereocenters. The van der Waals surface area contributed by atoms with Crippen LogP contribution in [-0.4, -0.2) is 29.0 Å². The van der Waals surface area contributed by atoms with E-state index >= 15 is 0 Å². The molecule has 1 aromatic rings. The molecular formula is C13H23N3S. The molecule has 2 rings (SSSR count). The van der Waals surface area contributed by atoms with Crippen LogP contribution in [0.25, 0.3) is 0 Å². The summed E-state index contributed by atoms with van der Waals surface area (Å²) in [6, 6.07) is 0.853. The van der Waals surface area contributed by atoms with Gasteiger partial charge >= 0.3 is 0 Å². The van der Waals surface area contributed by atoms with Gasteiger partial charge in [-0.3, -0.25) is 4.90 Å². The van der Waals surface area contributed by atoms with Gasteiger partial charge in [-0.1, -0.05) is 13.3 Å². The Morgan fingerprint density at radius 2 is 2.29 bits per heavy atom. The molecule has 3 nitrogen and oxygen atoms in total. The fraction of sp³-hybridized carbons (Fsp3) is 0.769. The number of anilines is 1. The maximum absolute atomic E-state index is 4.40. The summed E-state index contributed by atoms with van der Waals surface area (Å²) in [5.74, 6) is 0. The predicted molar refractivity (Wildman–Crippen MR) is 74.6 cm³/mol. The van der Waals surface area contributed by atoms with Crippen molar-refractivity contribution in [1.29, 1.82) is 0 Å². The second-order valence-electron chi connectivity index (χ2n) is 4.72. The number of nitrogens with zero attached hydrogens (tertiary/aromatic N) is 2. The van der Waals surface area contributed by atoms with Crippen molar-refractivity contribution in [3.05, 3.63) is 11.1 Å².